The summed E-state index contributed by atoms with van der Waals surface area (Å²) in [6, 6.07) is 8.76. The predicted molar refractivity (Wildman–Crippen MR) is 120 cm³/mol. The molecule has 1 aromatic heterocycles. The van der Waals surface area contributed by atoms with E-state index in [1.54, 1.807) is 6.92 Å². The summed E-state index contributed by atoms with van der Waals surface area (Å²) in [7, 11) is 2.18. The summed E-state index contributed by atoms with van der Waals surface area (Å²) < 4.78 is 2.34. The molecule has 2 aromatic rings. The van der Waals surface area contributed by atoms with E-state index in [-0.39, 0.29) is 5.91 Å². The van der Waals surface area contributed by atoms with E-state index in [1.807, 2.05) is 0 Å². The molecule has 0 radical (unpaired) electrons. The molecule has 0 N–H and O–H groups in total. The first kappa shape index (κ1) is 20.5. The van der Waals surface area contributed by atoms with Gasteiger partial charge in [-0.05, 0) is 56.3 Å². The molecule has 4 nitrogen and oxygen atoms in total. The number of piperidine rings is 1. The van der Waals surface area contributed by atoms with Gasteiger partial charge in [-0.25, -0.2) is 0 Å². The van der Waals surface area contributed by atoms with Crippen molar-refractivity contribution in [3.05, 3.63) is 35.5 Å². The molecule has 158 valence electrons. The van der Waals surface area contributed by atoms with Crippen LogP contribution >= 0.6 is 0 Å². The van der Waals surface area contributed by atoms with E-state index >= 15 is 0 Å². The lowest BCUT2D eigenvalue weighted by Crippen LogP contribution is -2.35. The van der Waals surface area contributed by atoms with Gasteiger partial charge in [0.1, 0.15) is 0 Å². The number of hydrogen-bond donors (Lipinski definition) is 0. The van der Waals surface area contributed by atoms with Crippen LogP contribution in [0.1, 0.15) is 69.5 Å². The molecule has 1 aliphatic heterocycles. The molecule has 2 heterocycles. The maximum Gasteiger partial charge on any atom is 0.219 e. The largest absolute Gasteiger partial charge is 0.346 e. The Bertz CT molecular complexity index is 828. The third-order valence-corrected chi connectivity index (χ3v) is 7.16. The van der Waals surface area contributed by atoms with E-state index in [2.05, 4.69) is 45.7 Å². The SMILES string of the molecule is CC(=O)N(Cc1c(CN2CCCCC2)c2ccccc2n1C)CC1CCCCC1. The van der Waals surface area contributed by atoms with Gasteiger partial charge >= 0.3 is 0 Å². The third kappa shape index (κ3) is 4.69. The van der Waals surface area contributed by atoms with Gasteiger partial charge in [0.25, 0.3) is 0 Å². The fourth-order valence-corrected chi connectivity index (χ4v) is 5.41. The van der Waals surface area contributed by atoms with Crippen LogP contribution in [0.15, 0.2) is 24.3 Å². The fraction of sp³-hybridized carbons (Fsp3) is 0.640. The number of para-hydroxylation sites is 1. The number of aryl methyl sites for hydroxylation is 1. The molecule has 2 fully saturated rings. The van der Waals surface area contributed by atoms with Gasteiger partial charge in [0.15, 0.2) is 0 Å². The van der Waals surface area contributed by atoms with Crippen molar-refractivity contribution in [1.29, 1.82) is 0 Å². The van der Waals surface area contributed by atoms with Crippen LogP contribution in [-0.4, -0.2) is 39.9 Å². The molecule has 0 bridgehead atoms. The molecule has 2 aliphatic rings. The van der Waals surface area contributed by atoms with Crippen LogP contribution in [0.4, 0.5) is 0 Å². The van der Waals surface area contributed by atoms with Crippen LogP contribution < -0.4 is 0 Å². The number of rotatable bonds is 6. The van der Waals surface area contributed by atoms with Crippen molar-refractivity contribution >= 4 is 16.8 Å². The zero-order valence-corrected chi connectivity index (χ0v) is 18.3. The summed E-state index contributed by atoms with van der Waals surface area (Å²) in [5, 5.41) is 1.36. The van der Waals surface area contributed by atoms with Gasteiger partial charge < -0.3 is 9.47 Å². The third-order valence-electron chi connectivity index (χ3n) is 7.16. The van der Waals surface area contributed by atoms with E-state index in [0.717, 1.165) is 19.6 Å². The van der Waals surface area contributed by atoms with E-state index in [4.69, 9.17) is 0 Å². The molecular formula is C25H37N3O. The molecule has 1 amide bonds. The highest BCUT2D eigenvalue weighted by molar-refractivity contribution is 5.85. The Labute approximate surface area is 175 Å². The first-order valence-corrected chi connectivity index (χ1v) is 11.7. The summed E-state index contributed by atoms with van der Waals surface area (Å²) in [6.45, 7) is 6.80. The Morgan fingerprint density at radius 2 is 1.72 bits per heavy atom. The lowest BCUT2D eigenvalue weighted by Gasteiger charge is -2.30. The first-order chi connectivity index (χ1) is 14.1. The zero-order valence-electron chi connectivity index (χ0n) is 18.3. The van der Waals surface area contributed by atoms with Crippen LogP contribution in [0.25, 0.3) is 10.9 Å². The maximum absolute atomic E-state index is 12.6. The number of carbonyl (C=O) groups excluding carboxylic acids is 1. The first-order valence-electron chi connectivity index (χ1n) is 11.7. The Morgan fingerprint density at radius 1 is 1.03 bits per heavy atom. The van der Waals surface area contributed by atoms with E-state index in [1.165, 1.54) is 86.6 Å². The molecule has 0 unspecified atom stereocenters. The van der Waals surface area contributed by atoms with Gasteiger partial charge in [-0.15, -0.1) is 0 Å². The second-order valence-electron chi connectivity index (χ2n) is 9.24. The van der Waals surface area contributed by atoms with Crippen LogP contribution in [0.5, 0.6) is 0 Å². The molecule has 0 spiro atoms. The molecule has 1 aliphatic carbocycles. The molecule has 0 atom stereocenters. The molecular weight excluding hydrogens is 358 g/mol. The van der Waals surface area contributed by atoms with Crippen molar-refractivity contribution < 1.29 is 4.79 Å². The Balaban J connectivity index is 1.62. The summed E-state index contributed by atoms with van der Waals surface area (Å²) in [5.41, 5.74) is 4.04. The summed E-state index contributed by atoms with van der Waals surface area (Å²) in [5.74, 6) is 0.887. The van der Waals surface area contributed by atoms with Crippen LogP contribution in [0.3, 0.4) is 0 Å². The average molecular weight is 396 g/mol. The zero-order chi connectivity index (χ0) is 20.2. The van der Waals surface area contributed by atoms with Gasteiger partial charge in [-0.3, -0.25) is 9.69 Å². The van der Waals surface area contributed by atoms with Crippen LogP contribution in [-0.2, 0) is 24.9 Å². The van der Waals surface area contributed by atoms with Crippen molar-refractivity contribution in [2.45, 2.75) is 71.4 Å². The van der Waals surface area contributed by atoms with E-state index in [9.17, 15) is 4.79 Å². The second kappa shape index (κ2) is 9.34. The highest BCUT2D eigenvalue weighted by Crippen LogP contribution is 2.30. The smallest absolute Gasteiger partial charge is 0.219 e. The van der Waals surface area contributed by atoms with Gasteiger partial charge in [0.2, 0.25) is 5.91 Å². The molecule has 4 rings (SSSR count). The maximum atomic E-state index is 12.6. The van der Waals surface area contributed by atoms with Crippen LogP contribution in [0, 0.1) is 5.92 Å². The lowest BCUT2D eigenvalue weighted by molar-refractivity contribution is -0.130. The van der Waals surface area contributed by atoms with Crippen molar-refractivity contribution in [2.24, 2.45) is 13.0 Å². The van der Waals surface area contributed by atoms with Gasteiger partial charge in [0, 0.05) is 43.7 Å². The molecule has 4 heteroatoms. The number of benzene rings is 1. The highest BCUT2D eigenvalue weighted by atomic mass is 16.2. The van der Waals surface area contributed by atoms with E-state index in [0.29, 0.717) is 5.92 Å². The minimum Gasteiger partial charge on any atom is -0.346 e. The predicted octanol–water partition coefficient (Wildman–Crippen LogP) is 5.09. The number of aromatic nitrogens is 1. The fourth-order valence-electron chi connectivity index (χ4n) is 5.41. The Kier molecular flexibility index (Phi) is 6.59. The van der Waals surface area contributed by atoms with Crippen LogP contribution in [0.2, 0.25) is 0 Å². The number of nitrogens with zero attached hydrogens (tertiary/aromatic N) is 3. The summed E-state index contributed by atoms with van der Waals surface area (Å²) in [6.07, 6.45) is 10.5. The van der Waals surface area contributed by atoms with Gasteiger partial charge in [0.05, 0.1) is 6.54 Å². The quantitative estimate of drug-likeness (QED) is 0.681. The number of fused-ring (bicyclic) bond motifs is 1. The lowest BCUT2D eigenvalue weighted by atomic mass is 9.89. The molecule has 1 aromatic carbocycles. The highest BCUT2D eigenvalue weighted by Gasteiger charge is 2.24. The Hall–Kier alpha value is -1.81. The van der Waals surface area contributed by atoms with Gasteiger partial charge in [-0.2, -0.15) is 0 Å². The topological polar surface area (TPSA) is 28.5 Å². The normalized spacial score (nSPS) is 19.0. The molecule has 29 heavy (non-hydrogen) atoms. The minimum atomic E-state index is 0.213. The monoisotopic (exact) mass is 395 g/mol. The summed E-state index contributed by atoms with van der Waals surface area (Å²) >= 11 is 0. The van der Waals surface area contributed by atoms with Gasteiger partial charge in [-0.1, -0.05) is 43.9 Å². The number of hydrogen-bond acceptors (Lipinski definition) is 2. The molecule has 1 saturated carbocycles. The average Bonchev–Trinajstić information content (AvgIpc) is 3.01. The van der Waals surface area contributed by atoms with Crippen molar-refractivity contribution in [2.75, 3.05) is 19.6 Å². The molecule has 1 saturated heterocycles. The van der Waals surface area contributed by atoms with Crippen molar-refractivity contribution in [3.63, 3.8) is 0 Å². The number of carbonyl (C=O) groups is 1. The standard InChI is InChI=1S/C25H37N3O/c1-20(29)28(17-21-11-5-3-6-12-21)19-25-23(18-27-15-9-4-10-16-27)22-13-7-8-14-24(22)26(25)2/h7-8,13-14,21H,3-6,9-12,15-19H2,1-2H3. The second-order valence-corrected chi connectivity index (χ2v) is 9.24. The number of likely N-dealkylation sites (tertiary alicyclic amines) is 1. The van der Waals surface area contributed by atoms with Crippen molar-refractivity contribution in [3.8, 4) is 0 Å². The minimum absolute atomic E-state index is 0.213. The van der Waals surface area contributed by atoms with Crippen molar-refractivity contribution in [1.82, 2.24) is 14.4 Å². The summed E-state index contributed by atoms with van der Waals surface area (Å²) in [4.78, 5) is 17.3. The van der Waals surface area contributed by atoms with E-state index < -0.39 is 0 Å². The number of amides is 1. The Morgan fingerprint density at radius 3 is 2.45 bits per heavy atom.